The van der Waals surface area contributed by atoms with E-state index in [1.54, 1.807) is 0 Å². The summed E-state index contributed by atoms with van der Waals surface area (Å²) < 4.78 is 6.65. The number of nitrogens with one attached hydrogen (secondary N) is 1. The van der Waals surface area contributed by atoms with E-state index in [0.717, 1.165) is 37.5 Å². The lowest BCUT2D eigenvalue weighted by atomic mass is 10.1. The molecule has 140 valence electrons. The molecule has 0 aliphatic carbocycles. The van der Waals surface area contributed by atoms with Crippen LogP contribution < -0.4 is 10.1 Å². The van der Waals surface area contributed by atoms with Crippen molar-refractivity contribution in [3.05, 3.63) is 55.0 Å². The Morgan fingerprint density at radius 1 is 1.12 bits per heavy atom. The van der Waals surface area contributed by atoms with Crippen molar-refractivity contribution < 1.29 is 9.53 Å². The van der Waals surface area contributed by atoms with E-state index in [9.17, 15) is 4.79 Å². The molecule has 3 nitrogen and oxygen atoms in total. The van der Waals surface area contributed by atoms with Crippen LogP contribution in [0.2, 0.25) is 10.0 Å². The van der Waals surface area contributed by atoms with Crippen LogP contribution >= 0.6 is 39.1 Å². The van der Waals surface area contributed by atoms with Gasteiger partial charge in [0.05, 0.1) is 21.8 Å². The number of rotatable bonds is 6. The fraction of sp³-hybridized carbons (Fsp3) is 0.350. The molecule has 2 rings (SSSR count). The minimum atomic E-state index is -0.0787. The lowest BCUT2D eigenvalue weighted by molar-refractivity contribution is -0.116. The second-order valence-electron chi connectivity index (χ2n) is 6.38. The van der Waals surface area contributed by atoms with Crippen molar-refractivity contribution in [3.8, 4) is 5.75 Å². The third kappa shape index (κ3) is 5.15. The lowest BCUT2D eigenvalue weighted by Gasteiger charge is -2.14. The van der Waals surface area contributed by atoms with Gasteiger partial charge in [0.15, 0.2) is 0 Å². The Bertz CT molecular complexity index is 814. The smallest absolute Gasteiger partial charge is 0.224 e. The maximum absolute atomic E-state index is 12.2. The molecule has 0 spiro atoms. The van der Waals surface area contributed by atoms with Crippen LogP contribution in [-0.2, 0) is 4.79 Å². The van der Waals surface area contributed by atoms with Crippen LogP contribution in [0, 0.1) is 27.7 Å². The van der Waals surface area contributed by atoms with Crippen LogP contribution in [0.3, 0.4) is 0 Å². The predicted octanol–water partition coefficient (Wildman–Crippen LogP) is 6.79. The Labute approximate surface area is 173 Å². The van der Waals surface area contributed by atoms with Gasteiger partial charge in [-0.25, -0.2) is 0 Å². The molecule has 0 heterocycles. The van der Waals surface area contributed by atoms with E-state index in [1.165, 1.54) is 0 Å². The molecule has 0 aliphatic heterocycles. The zero-order valence-corrected chi connectivity index (χ0v) is 18.4. The summed E-state index contributed by atoms with van der Waals surface area (Å²) in [6.07, 6.45) is 0.953. The highest BCUT2D eigenvalue weighted by Gasteiger charge is 2.12. The number of benzene rings is 2. The molecule has 0 aromatic heterocycles. The summed E-state index contributed by atoms with van der Waals surface area (Å²) in [6, 6.07) is 5.73. The quantitative estimate of drug-likeness (QED) is 0.484. The standard InChI is InChI=1S/C20H22BrCl2NO2/c1-11-8-13(3)20(15(22)9-11)24-17(25)6-5-7-26-16-10-12(2)19(23)14(4)18(16)21/h8-10H,5-7H2,1-4H3,(H,24,25). The molecular weight excluding hydrogens is 437 g/mol. The summed E-state index contributed by atoms with van der Waals surface area (Å²) in [5.41, 5.74) is 4.61. The fourth-order valence-electron chi connectivity index (χ4n) is 2.70. The zero-order chi connectivity index (χ0) is 19.4. The topological polar surface area (TPSA) is 38.3 Å². The maximum atomic E-state index is 12.2. The first-order valence-corrected chi connectivity index (χ1v) is 9.90. The van der Waals surface area contributed by atoms with E-state index in [4.69, 9.17) is 27.9 Å². The van der Waals surface area contributed by atoms with Crippen LogP contribution in [0.25, 0.3) is 0 Å². The summed E-state index contributed by atoms with van der Waals surface area (Å²) in [7, 11) is 0. The van der Waals surface area contributed by atoms with Crippen molar-refractivity contribution in [1.29, 1.82) is 0 Å². The summed E-state index contributed by atoms with van der Waals surface area (Å²) in [4.78, 5) is 12.2. The van der Waals surface area contributed by atoms with Crippen molar-refractivity contribution in [1.82, 2.24) is 0 Å². The summed E-state index contributed by atoms with van der Waals surface area (Å²) in [6.45, 7) is 8.22. The van der Waals surface area contributed by atoms with E-state index in [-0.39, 0.29) is 5.91 Å². The maximum Gasteiger partial charge on any atom is 0.224 e. The monoisotopic (exact) mass is 457 g/mol. The van der Waals surface area contributed by atoms with Crippen LogP contribution in [0.5, 0.6) is 5.75 Å². The van der Waals surface area contributed by atoms with Crippen molar-refractivity contribution in [2.45, 2.75) is 40.5 Å². The number of carbonyl (C=O) groups is 1. The molecular formula is C20H22BrCl2NO2. The third-order valence-electron chi connectivity index (χ3n) is 4.07. The molecule has 0 saturated heterocycles. The zero-order valence-electron chi connectivity index (χ0n) is 15.3. The molecule has 2 aromatic rings. The largest absolute Gasteiger partial charge is 0.492 e. The van der Waals surface area contributed by atoms with E-state index < -0.39 is 0 Å². The molecule has 0 bridgehead atoms. The normalized spacial score (nSPS) is 10.7. The number of halogens is 3. The van der Waals surface area contributed by atoms with Gasteiger partial charge in [-0.1, -0.05) is 29.3 Å². The number of amides is 1. The Morgan fingerprint density at radius 2 is 1.81 bits per heavy atom. The first-order chi connectivity index (χ1) is 12.2. The summed E-state index contributed by atoms with van der Waals surface area (Å²) in [5, 5.41) is 4.18. The molecule has 0 unspecified atom stereocenters. The number of hydrogen-bond donors (Lipinski definition) is 1. The van der Waals surface area contributed by atoms with E-state index in [1.807, 2.05) is 45.9 Å². The van der Waals surface area contributed by atoms with E-state index in [0.29, 0.717) is 30.2 Å². The number of aryl methyl sites for hydroxylation is 3. The molecule has 6 heteroatoms. The molecule has 1 N–H and O–H groups in total. The second kappa shape index (κ2) is 9.12. The van der Waals surface area contributed by atoms with Crippen molar-refractivity contribution in [3.63, 3.8) is 0 Å². The van der Waals surface area contributed by atoms with Crippen LogP contribution in [0.4, 0.5) is 5.69 Å². The van der Waals surface area contributed by atoms with E-state index in [2.05, 4.69) is 21.2 Å². The van der Waals surface area contributed by atoms with E-state index >= 15 is 0 Å². The Morgan fingerprint density at radius 3 is 2.46 bits per heavy atom. The highest BCUT2D eigenvalue weighted by Crippen LogP contribution is 2.35. The number of ether oxygens (including phenoxy) is 1. The van der Waals surface area contributed by atoms with Gasteiger partial charge in [-0.3, -0.25) is 4.79 Å². The predicted molar refractivity (Wildman–Crippen MR) is 113 cm³/mol. The van der Waals surface area contributed by atoms with Crippen LogP contribution in [-0.4, -0.2) is 12.5 Å². The van der Waals surface area contributed by atoms with Gasteiger partial charge in [-0.2, -0.15) is 0 Å². The van der Waals surface area contributed by atoms with Gasteiger partial charge >= 0.3 is 0 Å². The van der Waals surface area contributed by atoms with Gasteiger partial charge in [0, 0.05) is 11.4 Å². The molecule has 2 aromatic carbocycles. The Hall–Kier alpha value is -1.23. The third-order valence-corrected chi connectivity index (χ3v) is 5.94. The highest BCUT2D eigenvalue weighted by molar-refractivity contribution is 9.10. The molecule has 0 atom stereocenters. The fourth-order valence-corrected chi connectivity index (χ4v) is 3.75. The number of carbonyl (C=O) groups excluding carboxylic acids is 1. The Kier molecular flexibility index (Phi) is 7.39. The Balaban J connectivity index is 1.88. The van der Waals surface area contributed by atoms with Gasteiger partial charge in [-0.15, -0.1) is 0 Å². The molecule has 0 aliphatic rings. The molecule has 0 saturated carbocycles. The minimum Gasteiger partial charge on any atom is -0.492 e. The number of anilines is 1. The molecule has 0 radical (unpaired) electrons. The van der Waals surface area contributed by atoms with Crippen molar-refractivity contribution >= 4 is 50.7 Å². The minimum absolute atomic E-state index is 0.0787. The van der Waals surface area contributed by atoms with Gasteiger partial charge in [-0.05, 0) is 84.4 Å². The van der Waals surface area contributed by atoms with Gasteiger partial charge in [0.2, 0.25) is 5.91 Å². The average Bonchev–Trinajstić information content (AvgIpc) is 2.57. The van der Waals surface area contributed by atoms with Crippen LogP contribution in [0.15, 0.2) is 22.7 Å². The average molecular weight is 459 g/mol. The van der Waals surface area contributed by atoms with Gasteiger partial charge < -0.3 is 10.1 Å². The second-order valence-corrected chi connectivity index (χ2v) is 7.96. The van der Waals surface area contributed by atoms with Crippen molar-refractivity contribution in [2.24, 2.45) is 0 Å². The molecule has 1 amide bonds. The SMILES string of the molecule is Cc1cc(C)c(NC(=O)CCCOc2cc(C)c(Cl)c(C)c2Br)c(Cl)c1. The summed E-state index contributed by atoms with van der Waals surface area (Å²) in [5.74, 6) is 0.659. The first-order valence-electron chi connectivity index (χ1n) is 8.35. The molecule has 26 heavy (non-hydrogen) atoms. The lowest BCUT2D eigenvalue weighted by Crippen LogP contribution is -2.14. The first kappa shape index (κ1) is 21.1. The highest BCUT2D eigenvalue weighted by atomic mass is 79.9. The summed E-state index contributed by atoms with van der Waals surface area (Å²) >= 11 is 16.0. The number of hydrogen-bond acceptors (Lipinski definition) is 2. The van der Waals surface area contributed by atoms with Crippen LogP contribution in [0.1, 0.15) is 35.1 Å². The molecule has 0 fully saturated rings. The van der Waals surface area contributed by atoms with Gasteiger partial charge in [0.25, 0.3) is 0 Å². The van der Waals surface area contributed by atoms with Gasteiger partial charge in [0.1, 0.15) is 5.75 Å². The van der Waals surface area contributed by atoms with Crippen molar-refractivity contribution in [2.75, 3.05) is 11.9 Å².